The molecule has 1 atom stereocenters. The number of carbonyl (C=O) groups is 1. The SMILES string of the molecule is CC[C@@H](C)N(Cc1ccc(OC)c(OS(=O)(=O)c2ccc(F)cc2)c1)C(=O)Nc1cccc(C)c1. The van der Waals surface area contributed by atoms with Crippen LogP contribution in [0.25, 0.3) is 0 Å². The van der Waals surface area contributed by atoms with Gasteiger partial charge in [-0.3, -0.25) is 0 Å². The highest BCUT2D eigenvalue weighted by Gasteiger charge is 2.23. The fourth-order valence-corrected chi connectivity index (χ4v) is 4.35. The largest absolute Gasteiger partial charge is 0.493 e. The van der Waals surface area contributed by atoms with Crippen LogP contribution in [-0.4, -0.2) is 32.5 Å². The van der Waals surface area contributed by atoms with Crippen molar-refractivity contribution in [2.45, 2.75) is 44.7 Å². The number of benzene rings is 3. The molecule has 0 saturated heterocycles. The van der Waals surface area contributed by atoms with Crippen molar-refractivity contribution < 1.29 is 26.5 Å². The third-order valence-corrected chi connectivity index (χ3v) is 6.78. The van der Waals surface area contributed by atoms with E-state index in [-0.39, 0.29) is 35.0 Å². The summed E-state index contributed by atoms with van der Waals surface area (Å²) in [6.45, 7) is 6.08. The summed E-state index contributed by atoms with van der Waals surface area (Å²) in [6, 6.07) is 16.3. The lowest BCUT2D eigenvalue weighted by Gasteiger charge is -2.29. The van der Waals surface area contributed by atoms with Crippen LogP contribution in [0, 0.1) is 12.7 Å². The van der Waals surface area contributed by atoms with Gasteiger partial charge in [-0.1, -0.05) is 25.1 Å². The van der Waals surface area contributed by atoms with Crippen LogP contribution in [0.4, 0.5) is 14.9 Å². The number of rotatable bonds is 9. The Morgan fingerprint density at radius 1 is 1.06 bits per heavy atom. The quantitative estimate of drug-likeness (QED) is 0.379. The average molecular weight is 501 g/mol. The predicted molar refractivity (Wildman–Crippen MR) is 133 cm³/mol. The molecule has 7 nitrogen and oxygen atoms in total. The van der Waals surface area contributed by atoms with Gasteiger partial charge in [-0.05, 0) is 79.9 Å². The van der Waals surface area contributed by atoms with Gasteiger partial charge in [0.1, 0.15) is 10.7 Å². The Kier molecular flexibility index (Phi) is 8.34. The molecule has 0 heterocycles. The number of ether oxygens (including phenoxy) is 1. The molecule has 0 bridgehead atoms. The fraction of sp³-hybridized carbons (Fsp3) is 0.269. The van der Waals surface area contributed by atoms with Crippen LogP contribution < -0.4 is 14.2 Å². The van der Waals surface area contributed by atoms with Crippen LogP contribution in [0.15, 0.2) is 71.6 Å². The van der Waals surface area contributed by atoms with E-state index < -0.39 is 15.9 Å². The van der Waals surface area contributed by atoms with E-state index in [0.29, 0.717) is 11.3 Å². The number of anilines is 1. The zero-order valence-electron chi connectivity index (χ0n) is 20.1. The van der Waals surface area contributed by atoms with Gasteiger partial charge in [0, 0.05) is 18.3 Å². The van der Waals surface area contributed by atoms with E-state index in [1.165, 1.54) is 13.2 Å². The number of nitrogens with zero attached hydrogens (tertiary/aromatic N) is 1. The molecule has 0 unspecified atom stereocenters. The van der Waals surface area contributed by atoms with E-state index in [4.69, 9.17) is 8.92 Å². The van der Waals surface area contributed by atoms with E-state index in [2.05, 4.69) is 5.32 Å². The van der Waals surface area contributed by atoms with E-state index in [1.54, 1.807) is 17.0 Å². The maximum absolute atomic E-state index is 13.2. The van der Waals surface area contributed by atoms with Crippen molar-refractivity contribution in [2.24, 2.45) is 0 Å². The van der Waals surface area contributed by atoms with Gasteiger partial charge < -0.3 is 19.1 Å². The Labute approximate surface area is 205 Å². The van der Waals surface area contributed by atoms with Gasteiger partial charge in [0.15, 0.2) is 11.5 Å². The number of hydrogen-bond donors (Lipinski definition) is 1. The molecule has 0 spiro atoms. The van der Waals surface area contributed by atoms with Gasteiger partial charge in [0.2, 0.25) is 0 Å². The number of hydrogen-bond acceptors (Lipinski definition) is 5. The summed E-state index contributed by atoms with van der Waals surface area (Å²) in [4.78, 5) is 14.6. The molecule has 0 aliphatic heterocycles. The first-order valence-electron chi connectivity index (χ1n) is 11.1. The number of amides is 2. The second-order valence-corrected chi connectivity index (χ2v) is 9.71. The molecule has 0 aromatic heterocycles. The number of urea groups is 1. The first-order chi connectivity index (χ1) is 16.6. The highest BCUT2D eigenvalue weighted by molar-refractivity contribution is 7.87. The van der Waals surface area contributed by atoms with Gasteiger partial charge in [-0.2, -0.15) is 8.42 Å². The van der Waals surface area contributed by atoms with Gasteiger partial charge in [0.05, 0.1) is 7.11 Å². The van der Waals surface area contributed by atoms with Crippen LogP contribution >= 0.6 is 0 Å². The topological polar surface area (TPSA) is 84.9 Å². The molecule has 0 fully saturated rings. The Balaban J connectivity index is 1.86. The summed E-state index contributed by atoms with van der Waals surface area (Å²) < 4.78 is 49.3. The Hall–Kier alpha value is -3.59. The van der Waals surface area contributed by atoms with E-state index >= 15 is 0 Å². The first kappa shape index (κ1) is 26.0. The lowest BCUT2D eigenvalue weighted by molar-refractivity contribution is 0.187. The first-order valence-corrected chi connectivity index (χ1v) is 12.5. The molecular weight excluding hydrogens is 471 g/mol. The third kappa shape index (κ3) is 6.73. The maximum Gasteiger partial charge on any atom is 0.339 e. The molecule has 9 heteroatoms. The van der Waals surface area contributed by atoms with Gasteiger partial charge in [-0.25, -0.2) is 9.18 Å². The number of halogens is 1. The Morgan fingerprint density at radius 3 is 2.40 bits per heavy atom. The zero-order chi connectivity index (χ0) is 25.6. The number of carbonyl (C=O) groups excluding carboxylic acids is 1. The summed E-state index contributed by atoms with van der Waals surface area (Å²) in [5, 5.41) is 2.92. The number of methoxy groups -OCH3 is 1. The van der Waals surface area contributed by atoms with Crippen molar-refractivity contribution in [3.63, 3.8) is 0 Å². The number of nitrogens with one attached hydrogen (secondary N) is 1. The van der Waals surface area contributed by atoms with Crippen LogP contribution in [0.5, 0.6) is 11.5 Å². The zero-order valence-corrected chi connectivity index (χ0v) is 20.9. The van der Waals surface area contributed by atoms with E-state index in [9.17, 15) is 17.6 Å². The molecule has 0 aliphatic carbocycles. The average Bonchev–Trinajstić information content (AvgIpc) is 2.82. The summed E-state index contributed by atoms with van der Waals surface area (Å²) in [5.41, 5.74) is 2.36. The van der Waals surface area contributed by atoms with Gasteiger partial charge >= 0.3 is 16.1 Å². The van der Waals surface area contributed by atoms with Crippen LogP contribution in [-0.2, 0) is 16.7 Å². The Morgan fingerprint density at radius 2 is 1.77 bits per heavy atom. The summed E-state index contributed by atoms with van der Waals surface area (Å²) >= 11 is 0. The maximum atomic E-state index is 13.2. The minimum atomic E-state index is -4.23. The van der Waals surface area contributed by atoms with Crippen LogP contribution in [0.2, 0.25) is 0 Å². The van der Waals surface area contributed by atoms with Gasteiger partial charge in [0.25, 0.3) is 0 Å². The van der Waals surface area contributed by atoms with Crippen molar-refractivity contribution in [3.05, 3.63) is 83.7 Å². The fourth-order valence-electron chi connectivity index (χ4n) is 3.42. The van der Waals surface area contributed by atoms with Crippen molar-refractivity contribution >= 4 is 21.8 Å². The standard InChI is InChI=1S/C26H29FN2O5S/c1-5-19(3)29(26(30)28-22-8-6-7-18(2)15-22)17-20-9-14-24(33-4)25(16-20)34-35(31,32)23-12-10-21(27)11-13-23/h6-16,19H,5,17H2,1-4H3,(H,28,30)/t19-/m1/s1. The van der Waals surface area contributed by atoms with E-state index in [0.717, 1.165) is 36.2 Å². The van der Waals surface area contributed by atoms with Crippen molar-refractivity contribution in [1.29, 1.82) is 0 Å². The van der Waals surface area contributed by atoms with Crippen LogP contribution in [0.1, 0.15) is 31.4 Å². The minimum absolute atomic E-state index is 0.0301. The predicted octanol–water partition coefficient (Wildman–Crippen LogP) is 5.74. The molecule has 3 aromatic carbocycles. The molecule has 3 rings (SSSR count). The normalized spacial score (nSPS) is 12.0. The lowest BCUT2D eigenvalue weighted by atomic mass is 10.1. The summed E-state index contributed by atoms with van der Waals surface area (Å²) in [7, 11) is -2.83. The summed E-state index contributed by atoms with van der Waals surface area (Å²) in [6.07, 6.45) is 0.722. The molecule has 35 heavy (non-hydrogen) atoms. The molecule has 0 saturated carbocycles. The van der Waals surface area contributed by atoms with Gasteiger partial charge in [-0.15, -0.1) is 0 Å². The molecule has 186 valence electrons. The molecule has 1 N–H and O–H groups in total. The highest BCUT2D eigenvalue weighted by atomic mass is 32.2. The highest BCUT2D eigenvalue weighted by Crippen LogP contribution is 2.32. The Bertz CT molecular complexity index is 1280. The van der Waals surface area contributed by atoms with Crippen molar-refractivity contribution in [2.75, 3.05) is 12.4 Å². The van der Waals surface area contributed by atoms with Crippen molar-refractivity contribution in [1.82, 2.24) is 4.90 Å². The molecule has 0 aliphatic rings. The van der Waals surface area contributed by atoms with Crippen molar-refractivity contribution in [3.8, 4) is 11.5 Å². The van der Waals surface area contributed by atoms with E-state index in [1.807, 2.05) is 45.0 Å². The third-order valence-electron chi connectivity index (χ3n) is 5.54. The smallest absolute Gasteiger partial charge is 0.339 e. The molecule has 0 radical (unpaired) electrons. The molecular formula is C26H29FN2O5S. The number of aryl methyl sites for hydroxylation is 1. The summed E-state index contributed by atoms with van der Waals surface area (Å²) in [5.74, 6) is -0.381. The monoisotopic (exact) mass is 500 g/mol. The minimum Gasteiger partial charge on any atom is -0.493 e. The molecule has 3 aromatic rings. The van der Waals surface area contributed by atoms with Crippen LogP contribution in [0.3, 0.4) is 0 Å². The second-order valence-electron chi connectivity index (χ2n) is 8.16. The lowest BCUT2D eigenvalue weighted by Crippen LogP contribution is -2.40. The molecule has 2 amide bonds. The second kappa shape index (κ2) is 11.2.